The molecular formula is C10H23BrN2O2. The van der Waals surface area contributed by atoms with Crippen LogP contribution in [0, 0.1) is 0 Å². The maximum absolute atomic E-state index is 2.25. The average Bonchev–Trinajstić information content (AvgIpc) is 2.45. The fourth-order valence-corrected chi connectivity index (χ4v) is 1.36. The van der Waals surface area contributed by atoms with Crippen molar-refractivity contribution in [2.24, 2.45) is 7.05 Å². The third-order valence-corrected chi connectivity index (χ3v) is 2.09. The van der Waals surface area contributed by atoms with Crippen LogP contribution < -0.4 is 21.5 Å². The highest BCUT2D eigenvalue weighted by Crippen LogP contribution is 2.00. The molecule has 1 heterocycles. The molecule has 0 fully saturated rings. The number of halogens is 1. The van der Waals surface area contributed by atoms with E-state index in [9.17, 15) is 0 Å². The Labute approximate surface area is 102 Å². The summed E-state index contributed by atoms with van der Waals surface area (Å²) >= 11 is 0. The Morgan fingerprint density at radius 1 is 1.13 bits per heavy atom. The lowest BCUT2D eigenvalue weighted by molar-refractivity contribution is -0.671. The molecule has 1 aromatic heterocycles. The quantitative estimate of drug-likeness (QED) is 0.415. The molecule has 4 N–H and O–H groups in total. The third kappa shape index (κ3) is 8.59. The summed E-state index contributed by atoms with van der Waals surface area (Å²) in [5.41, 5.74) is 0. The van der Waals surface area contributed by atoms with Gasteiger partial charge in [0.2, 0.25) is 6.33 Å². The molecule has 0 aliphatic heterocycles. The maximum Gasteiger partial charge on any atom is 0.243 e. The van der Waals surface area contributed by atoms with Crippen molar-refractivity contribution in [1.29, 1.82) is 0 Å². The van der Waals surface area contributed by atoms with E-state index in [0.717, 1.165) is 0 Å². The highest BCUT2D eigenvalue weighted by molar-refractivity contribution is 4.65. The van der Waals surface area contributed by atoms with E-state index >= 15 is 0 Å². The molecule has 0 aromatic carbocycles. The number of rotatable bonds is 5. The van der Waals surface area contributed by atoms with Gasteiger partial charge in [0.05, 0.1) is 13.6 Å². The molecule has 0 aliphatic rings. The van der Waals surface area contributed by atoms with Gasteiger partial charge >= 0.3 is 0 Å². The van der Waals surface area contributed by atoms with Crippen LogP contribution in [-0.4, -0.2) is 15.5 Å². The lowest BCUT2D eigenvalue weighted by atomic mass is 10.2. The normalized spacial score (nSPS) is 8.40. The number of aryl methyl sites for hydroxylation is 2. The minimum absolute atomic E-state index is 0. The maximum atomic E-state index is 2.25. The number of hydrogen-bond donors (Lipinski definition) is 0. The molecule has 0 radical (unpaired) electrons. The van der Waals surface area contributed by atoms with Crippen LogP contribution >= 0.6 is 0 Å². The summed E-state index contributed by atoms with van der Waals surface area (Å²) in [6, 6.07) is 0. The second-order valence-electron chi connectivity index (χ2n) is 3.38. The van der Waals surface area contributed by atoms with Crippen LogP contribution in [0.1, 0.15) is 32.6 Å². The predicted molar refractivity (Wildman–Crippen MR) is 57.0 cm³/mol. The second kappa shape index (κ2) is 11.7. The van der Waals surface area contributed by atoms with Gasteiger partial charge in [-0.1, -0.05) is 19.8 Å². The van der Waals surface area contributed by atoms with E-state index in [0.29, 0.717) is 0 Å². The molecule has 0 unspecified atom stereocenters. The Bertz CT molecular complexity index is 229. The Balaban J connectivity index is -0.000000480. The summed E-state index contributed by atoms with van der Waals surface area (Å²) in [4.78, 5) is 0. The van der Waals surface area contributed by atoms with E-state index in [-0.39, 0.29) is 27.9 Å². The molecule has 4 nitrogen and oxygen atoms in total. The van der Waals surface area contributed by atoms with Gasteiger partial charge in [-0.25, -0.2) is 9.13 Å². The fraction of sp³-hybridized carbons (Fsp3) is 0.700. The Morgan fingerprint density at radius 3 is 2.27 bits per heavy atom. The van der Waals surface area contributed by atoms with Crippen molar-refractivity contribution in [3.63, 3.8) is 0 Å². The van der Waals surface area contributed by atoms with Crippen molar-refractivity contribution in [1.82, 2.24) is 4.57 Å². The standard InChI is InChI=1S/C10H19N2.BrH.2H2O/c1-3-4-5-6-7-12-9-8-11(2)10-12;;;/h8-10H,3-7H2,1-2H3;1H;2*1H2/q+1;;;/p-1. The van der Waals surface area contributed by atoms with Gasteiger partial charge in [-0.2, -0.15) is 0 Å². The van der Waals surface area contributed by atoms with Crippen molar-refractivity contribution < 1.29 is 32.5 Å². The molecule has 1 rings (SSSR count). The SMILES string of the molecule is CCCCCCn1cc[n+](C)c1.O.O.[Br-]. The molecule has 0 saturated carbocycles. The van der Waals surface area contributed by atoms with E-state index in [1.807, 2.05) is 0 Å². The number of aromatic nitrogens is 2. The van der Waals surface area contributed by atoms with Crippen molar-refractivity contribution in [3.8, 4) is 0 Å². The predicted octanol–water partition coefficient (Wildman–Crippen LogP) is -2.75. The van der Waals surface area contributed by atoms with Crippen LogP contribution in [0.25, 0.3) is 0 Å². The van der Waals surface area contributed by atoms with Gasteiger partial charge in [0.1, 0.15) is 12.4 Å². The fourth-order valence-electron chi connectivity index (χ4n) is 1.36. The van der Waals surface area contributed by atoms with Crippen molar-refractivity contribution in [2.45, 2.75) is 39.2 Å². The summed E-state index contributed by atoms with van der Waals surface area (Å²) in [7, 11) is 2.06. The summed E-state index contributed by atoms with van der Waals surface area (Å²) in [5.74, 6) is 0. The van der Waals surface area contributed by atoms with Crippen molar-refractivity contribution in [3.05, 3.63) is 18.7 Å². The lowest BCUT2D eigenvalue weighted by Crippen LogP contribution is -3.00. The minimum atomic E-state index is 0. The summed E-state index contributed by atoms with van der Waals surface area (Å²) < 4.78 is 4.33. The first-order chi connectivity index (χ1) is 5.83. The highest BCUT2D eigenvalue weighted by atomic mass is 79.9. The summed E-state index contributed by atoms with van der Waals surface area (Å²) in [5, 5.41) is 0. The van der Waals surface area contributed by atoms with E-state index in [4.69, 9.17) is 0 Å². The molecule has 0 atom stereocenters. The average molecular weight is 283 g/mol. The minimum Gasteiger partial charge on any atom is -1.00 e. The Morgan fingerprint density at radius 2 is 1.80 bits per heavy atom. The molecular weight excluding hydrogens is 260 g/mol. The van der Waals surface area contributed by atoms with Gasteiger partial charge < -0.3 is 27.9 Å². The Kier molecular flexibility index (Phi) is 15.6. The molecule has 0 aliphatic carbocycles. The van der Waals surface area contributed by atoms with Gasteiger partial charge in [0.15, 0.2) is 0 Å². The van der Waals surface area contributed by atoms with Gasteiger partial charge in [-0.3, -0.25) is 0 Å². The third-order valence-electron chi connectivity index (χ3n) is 2.09. The number of unbranched alkanes of at least 4 members (excludes halogenated alkanes) is 3. The molecule has 1 aromatic rings. The molecule has 0 amide bonds. The highest BCUT2D eigenvalue weighted by Gasteiger charge is 1.97. The Hall–Kier alpha value is -0.390. The van der Waals surface area contributed by atoms with Crippen LogP contribution in [-0.2, 0) is 13.6 Å². The zero-order valence-corrected chi connectivity index (χ0v) is 11.1. The van der Waals surface area contributed by atoms with Crippen molar-refractivity contribution in [2.75, 3.05) is 0 Å². The number of nitrogens with zero attached hydrogens (tertiary/aromatic N) is 2. The molecule has 5 heteroatoms. The molecule has 92 valence electrons. The zero-order valence-electron chi connectivity index (χ0n) is 9.54. The van der Waals surface area contributed by atoms with Crippen LogP contribution in [0.15, 0.2) is 18.7 Å². The van der Waals surface area contributed by atoms with Gasteiger partial charge in [-0.05, 0) is 12.8 Å². The van der Waals surface area contributed by atoms with E-state index in [1.165, 1.54) is 32.2 Å². The van der Waals surface area contributed by atoms with Gasteiger partial charge in [0.25, 0.3) is 0 Å². The van der Waals surface area contributed by atoms with Crippen LogP contribution in [0.5, 0.6) is 0 Å². The largest absolute Gasteiger partial charge is 1.00 e. The first kappa shape index (κ1) is 20.1. The lowest BCUT2D eigenvalue weighted by Gasteiger charge is -1.95. The van der Waals surface area contributed by atoms with Gasteiger partial charge in [0, 0.05) is 0 Å². The topological polar surface area (TPSA) is 71.8 Å². The van der Waals surface area contributed by atoms with Crippen LogP contribution in [0.3, 0.4) is 0 Å². The van der Waals surface area contributed by atoms with Crippen LogP contribution in [0.2, 0.25) is 0 Å². The molecule has 15 heavy (non-hydrogen) atoms. The molecule has 0 saturated heterocycles. The van der Waals surface area contributed by atoms with E-state index in [2.05, 4.69) is 41.8 Å². The number of imidazole rings is 1. The van der Waals surface area contributed by atoms with E-state index < -0.39 is 0 Å². The van der Waals surface area contributed by atoms with E-state index in [1.54, 1.807) is 0 Å². The molecule has 0 spiro atoms. The number of hydrogen-bond acceptors (Lipinski definition) is 0. The smallest absolute Gasteiger partial charge is 0.243 e. The van der Waals surface area contributed by atoms with Crippen molar-refractivity contribution >= 4 is 0 Å². The monoisotopic (exact) mass is 282 g/mol. The first-order valence-electron chi connectivity index (χ1n) is 4.84. The zero-order chi connectivity index (χ0) is 8.81. The first-order valence-corrected chi connectivity index (χ1v) is 4.84. The summed E-state index contributed by atoms with van der Waals surface area (Å²) in [6.07, 6.45) is 11.7. The summed E-state index contributed by atoms with van der Waals surface area (Å²) in [6.45, 7) is 3.41. The molecule has 0 bridgehead atoms. The second-order valence-corrected chi connectivity index (χ2v) is 3.38. The van der Waals surface area contributed by atoms with Crippen LogP contribution in [0.4, 0.5) is 0 Å². The van der Waals surface area contributed by atoms with Gasteiger partial charge in [-0.15, -0.1) is 0 Å².